The van der Waals surface area contributed by atoms with Gasteiger partial charge in [-0.25, -0.2) is 14.0 Å². The number of carbonyl (C=O) groups is 2. The number of carbonyl (C=O) groups excluding carboxylic acids is 1. The van der Waals surface area contributed by atoms with E-state index in [1.165, 1.54) is 42.7 Å². The van der Waals surface area contributed by atoms with Crippen molar-refractivity contribution in [2.75, 3.05) is 10.6 Å². The van der Waals surface area contributed by atoms with Gasteiger partial charge in [0.05, 0.1) is 17.4 Å². The van der Waals surface area contributed by atoms with Crippen molar-refractivity contribution in [2.24, 2.45) is 0 Å². The SMILES string of the molecule is O=C(Nc1ccc(F)cc1)Nc1cncc(C(=O)O)c1. The van der Waals surface area contributed by atoms with E-state index in [2.05, 4.69) is 15.6 Å². The molecule has 0 bridgehead atoms. The second-order valence-corrected chi connectivity index (χ2v) is 3.85. The van der Waals surface area contributed by atoms with E-state index in [1.807, 2.05) is 0 Å². The summed E-state index contributed by atoms with van der Waals surface area (Å²) >= 11 is 0. The van der Waals surface area contributed by atoms with Crippen molar-refractivity contribution >= 4 is 23.4 Å². The van der Waals surface area contributed by atoms with Gasteiger partial charge in [0.2, 0.25) is 0 Å². The zero-order valence-corrected chi connectivity index (χ0v) is 10.1. The van der Waals surface area contributed by atoms with Gasteiger partial charge in [-0.1, -0.05) is 0 Å². The predicted octanol–water partition coefficient (Wildman–Crippen LogP) is 2.56. The van der Waals surface area contributed by atoms with Crippen LogP contribution < -0.4 is 10.6 Å². The van der Waals surface area contributed by atoms with Crippen molar-refractivity contribution in [1.82, 2.24) is 4.98 Å². The van der Waals surface area contributed by atoms with Gasteiger partial charge < -0.3 is 15.7 Å². The predicted molar refractivity (Wildman–Crippen MR) is 70.2 cm³/mol. The van der Waals surface area contributed by atoms with Crippen LogP contribution in [0.25, 0.3) is 0 Å². The van der Waals surface area contributed by atoms with Crippen LogP contribution in [0.3, 0.4) is 0 Å². The summed E-state index contributed by atoms with van der Waals surface area (Å²) in [6.45, 7) is 0. The highest BCUT2D eigenvalue weighted by Crippen LogP contribution is 2.11. The summed E-state index contributed by atoms with van der Waals surface area (Å²) in [7, 11) is 0. The summed E-state index contributed by atoms with van der Waals surface area (Å²) in [6.07, 6.45) is 2.49. The molecular formula is C13H10FN3O3. The smallest absolute Gasteiger partial charge is 0.337 e. The number of rotatable bonds is 3. The molecule has 0 unspecified atom stereocenters. The zero-order chi connectivity index (χ0) is 14.5. The zero-order valence-electron chi connectivity index (χ0n) is 10.1. The average Bonchev–Trinajstić information content (AvgIpc) is 2.41. The molecule has 1 aromatic heterocycles. The number of aromatic carboxylic acids is 1. The Morgan fingerprint density at radius 1 is 1.05 bits per heavy atom. The lowest BCUT2D eigenvalue weighted by molar-refractivity contribution is 0.0696. The van der Waals surface area contributed by atoms with E-state index in [-0.39, 0.29) is 11.3 Å². The number of benzene rings is 1. The molecule has 0 atom stereocenters. The van der Waals surface area contributed by atoms with Crippen LogP contribution >= 0.6 is 0 Å². The van der Waals surface area contributed by atoms with E-state index in [0.29, 0.717) is 5.69 Å². The average molecular weight is 275 g/mol. The first-order chi connectivity index (χ1) is 9.54. The fourth-order valence-electron chi connectivity index (χ4n) is 1.45. The lowest BCUT2D eigenvalue weighted by Crippen LogP contribution is -2.19. The number of nitrogens with one attached hydrogen (secondary N) is 2. The maximum absolute atomic E-state index is 12.7. The molecule has 6 nitrogen and oxygen atoms in total. The summed E-state index contributed by atoms with van der Waals surface area (Å²) in [4.78, 5) is 26.1. The molecule has 102 valence electrons. The minimum absolute atomic E-state index is 0.0374. The fourth-order valence-corrected chi connectivity index (χ4v) is 1.45. The molecule has 20 heavy (non-hydrogen) atoms. The largest absolute Gasteiger partial charge is 0.478 e. The van der Waals surface area contributed by atoms with Gasteiger partial charge in [-0.3, -0.25) is 4.98 Å². The van der Waals surface area contributed by atoms with Gasteiger partial charge in [0.15, 0.2) is 0 Å². The third kappa shape index (κ3) is 3.52. The van der Waals surface area contributed by atoms with E-state index in [9.17, 15) is 14.0 Å². The Morgan fingerprint density at radius 3 is 2.35 bits per heavy atom. The first kappa shape index (κ1) is 13.5. The lowest BCUT2D eigenvalue weighted by Gasteiger charge is -2.07. The monoisotopic (exact) mass is 275 g/mol. The number of urea groups is 1. The van der Waals surface area contributed by atoms with Crippen LogP contribution in [-0.2, 0) is 0 Å². The third-order valence-corrected chi connectivity index (χ3v) is 2.35. The number of amides is 2. The summed E-state index contributed by atoms with van der Waals surface area (Å²) in [5.41, 5.74) is 0.611. The van der Waals surface area contributed by atoms with Crippen molar-refractivity contribution in [3.8, 4) is 0 Å². The topological polar surface area (TPSA) is 91.3 Å². The third-order valence-electron chi connectivity index (χ3n) is 2.35. The highest BCUT2D eigenvalue weighted by molar-refractivity contribution is 6.00. The molecule has 3 N–H and O–H groups in total. The van der Waals surface area contributed by atoms with Crippen molar-refractivity contribution in [2.45, 2.75) is 0 Å². The molecule has 2 rings (SSSR count). The first-order valence-electron chi connectivity index (χ1n) is 5.56. The molecule has 0 aliphatic carbocycles. The number of anilines is 2. The number of halogens is 1. The molecule has 2 amide bonds. The molecule has 0 fully saturated rings. The van der Waals surface area contributed by atoms with Crippen LogP contribution in [0.1, 0.15) is 10.4 Å². The minimum atomic E-state index is -1.14. The normalized spacial score (nSPS) is 9.85. The molecule has 0 radical (unpaired) electrons. The van der Waals surface area contributed by atoms with Crippen molar-refractivity contribution in [3.63, 3.8) is 0 Å². The summed E-state index contributed by atoms with van der Waals surface area (Å²) in [5.74, 6) is -1.55. The molecular weight excluding hydrogens is 265 g/mol. The number of hydrogen-bond acceptors (Lipinski definition) is 3. The number of hydrogen-bond donors (Lipinski definition) is 3. The standard InChI is InChI=1S/C13H10FN3O3/c14-9-1-3-10(4-2-9)16-13(20)17-11-5-8(12(18)19)6-15-7-11/h1-7H,(H,18,19)(H2,16,17,20). The molecule has 1 aromatic carbocycles. The van der Waals surface area contributed by atoms with Gasteiger partial charge >= 0.3 is 12.0 Å². The number of nitrogens with zero attached hydrogens (tertiary/aromatic N) is 1. The summed E-state index contributed by atoms with van der Waals surface area (Å²) < 4.78 is 12.7. The summed E-state index contributed by atoms with van der Waals surface area (Å²) in [6, 6.07) is 5.92. The summed E-state index contributed by atoms with van der Waals surface area (Å²) in [5, 5.41) is 13.7. The number of carboxylic acids is 1. The molecule has 0 spiro atoms. The van der Waals surface area contributed by atoms with E-state index in [4.69, 9.17) is 5.11 Å². The van der Waals surface area contributed by atoms with Gasteiger partial charge in [-0.15, -0.1) is 0 Å². The number of carboxylic acid groups (broad SMARTS) is 1. The molecule has 0 saturated carbocycles. The van der Waals surface area contributed by atoms with E-state index in [1.54, 1.807) is 0 Å². The quantitative estimate of drug-likeness (QED) is 0.802. The second kappa shape index (κ2) is 5.79. The number of pyridine rings is 1. The van der Waals surface area contributed by atoms with Crippen LogP contribution in [0.15, 0.2) is 42.7 Å². The van der Waals surface area contributed by atoms with Crippen molar-refractivity contribution in [3.05, 3.63) is 54.1 Å². The van der Waals surface area contributed by atoms with Gasteiger partial charge in [0.1, 0.15) is 5.82 Å². The molecule has 0 aliphatic rings. The Balaban J connectivity index is 2.02. The molecule has 2 aromatic rings. The van der Waals surface area contributed by atoms with Gasteiger partial charge in [-0.2, -0.15) is 0 Å². The lowest BCUT2D eigenvalue weighted by atomic mass is 10.2. The first-order valence-corrected chi connectivity index (χ1v) is 5.56. The van der Waals surface area contributed by atoms with Gasteiger partial charge in [0.25, 0.3) is 0 Å². The van der Waals surface area contributed by atoms with E-state index in [0.717, 1.165) is 0 Å². The fraction of sp³-hybridized carbons (Fsp3) is 0. The minimum Gasteiger partial charge on any atom is -0.478 e. The van der Waals surface area contributed by atoms with Gasteiger partial charge in [0, 0.05) is 11.9 Å². The Bertz CT molecular complexity index is 644. The Labute approximate surface area is 113 Å². The molecule has 1 heterocycles. The highest BCUT2D eigenvalue weighted by Gasteiger charge is 2.07. The molecule has 0 aliphatic heterocycles. The maximum Gasteiger partial charge on any atom is 0.337 e. The van der Waals surface area contributed by atoms with Crippen LogP contribution in [0, 0.1) is 5.82 Å². The Kier molecular flexibility index (Phi) is 3.90. The van der Waals surface area contributed by atoms with Crippen LogP contribution in [-0.4, -0.2) is 22.1 Å². The second-order valence-electron chi connectivity index (χ2n) is 3.85. The highest BCUT2D eigenvalue weighted by atomic mass is 19.1. The molecule has 0 saturated heterocycles. The Hall–Kier alpha value is -2.96. The number of aromatic nitrogens is 1. The van der Waals surface area contributed by atoms with E-state index < -0.39 is 17.8 Å². The van der Waals surface area contributed by atoms with Crippen molar-refractivity contribution < 1.29 is 19.1 Å². The Morgan fingerprint density at radius 2 is 1.70 bits per heavy atom. The maximum atomic E-state index is 12.7. The van der Waals surface area contributed by atoms with Crippen LogP contribution in [0.2, 0.25) is 0 Å². The van der Waals surface area contributed by atoms with Gasteiger partial charge in [-0.05, 0) is 30.3 Å². The van der Waals surface area contributed by atoms with Crippen molar-refractivity contribution in [1.29, 1.82) is 0 Å². The van der Waals surface area contributed by atoms with Crippen LogP contribution in [0.4, 0.5) is 20.6 Å². The van der Waals surface area contributed by atoms with E-state index >= 15 is 0 Å². The van der Waals surface area contributed by atoms with Crippen LogP contribution in [0.5, 0.6) is 0 Å². The molecule has 7 heteroatoms.